The molecule has 1 N–H and O–H groups in total. The molecule has 0 amide bonds. The summed E-state index contributed by atoms with van der Waals surface area (Å²) in [7, 11) is 2.10. The minimum atomic E-state index is -4.42. The molecule has 2 aliphatic rings. The molecule has 1 aromatic carbocycles. The SMILES string of the molecule is CN1Cc2ccc(Nc3ncc(C(F)(F)F)[c]([Sn]([CH3])([CH3])[CH3])n3)c(C3CC3)c2C1. The number of halogens is 3. The molecule has 4 rings (SSSR count). The van der Waals surface area contributed by atoms with E-state index in [1.807, 2.05) is 20.9 Å². The summed E-state index contributed by atoms with van der Waals surface area (Å²) in [6.45, 7) is 1.85. The minimum absolute atomic E-state index is 0.216. The van der Waals surface area contributed by atoms with Crippen LogP contribution in [-0.2, 0) is 19.3 Å². The van der Waals surface area contributed by atoms with Crippen molar-refractivity contribution in [1.29, 1.82) is 0 Å². The van der Waals surface area contributed by atoms with Crippen LogP contribution >= 0.6 is 0 Å². The van der Waals surface area contributed by atoms with E-state index in [1.165, 1.54) is 16.7 Å². The van der Waals surface area contributed by atoms with E-state index in [4.69, 9.17) is 0 Å². The molecule has 0 atom stereocenters. The topological polar surface area (TPSA) is 41.0 Å². The van der Waals surface area contributed by atoms with Gasteiger partial charge < -0.3 is 0 Å². The average Bonchev–Trinajstić information content (AvgIpc) is 3.33. The van der Waals surface area contributed by atoms with Crippen molar-refractivity contribution in [1.82, 2.24) is 14.9 Å². The first-order valence-corrected chi connectivity index (χ1v) is 19.6. The molecule has 1 aliphatic heterocycles. The molecular formula is C20H25F3N4Sn. The Balaban J connectivity index is 1.74. The second-order valence-corrected chi connectivity index (χ2v) is 23.1. The number of aromatic nitrogens is 2. The summed E-state index contributed by atoms with van der Waals surface area (Å²) in [6.07, 6.45) is -1.15. The van der Waals surface area contributed by atoms with Crippen molar-refractivity contribution >= 4 is 33.7 Å². The van der Waals surface area contributed by atoms with E-state index in [0.29, 0.717) is 5.92 Å². The molecule has 8 heteroatoms. The molecule has 1 fully saturated rings. The van der Waals surface area contributed by atoms with Gasteiger partial charge in [-0.15, -0.1) is 0 Å². The van der Waals surface area contributed by atoms with Gasteiger partial charge in [0, 0.05) is 0 Å². The summed E-state index contributed by atoms with van der Waals surface area (Å²) in [5.74, 6) is 0.794. The van der Waals surface area contributed by atoms with E-state index < -0.39 is 30.1 Å². The summed E-state index contributed by atoms with van der Waals surface area (Å²) in [5.41, 5.74) is 4.25. The molecular weight excluding hydrogens is 472 g/mol. The van der Waals surface area contributed by atoms with Crippen LogP contribution in [0.5, 0.6) is 0 Å². The van der Waals surface area contributed by atoms with Crippen LogP contribution in [0.15, 0.2) is 18.3 Å². The van der Waals surface area contributed by atoms with Gasteiger partial charge in [0.25, 0.3) is 0 Å². The van der Waals surface area contributed by atoms with Crippen LogP contribution in [0.4, 0.5) is 24.8 Å². The van der Waals surface area contributed by atoms with E-state index in [1.54, 1.807) is 0 Å². The molecule has 2 heterocycles. The Morgan fingerprint density at radius 2 is 1.86 bits per heavy atom. The van der Waals surface area contributed by atoms with Crippen molar-refractivity contribution in [3.8, 4) is 0 Å². The monoisotopic (exact) mass is 498 g/mol. The predicted octanol–water partition coefficient (Wildman–Crippen LogP) is 4.61. The molecule has 4 nitrogen and oxygen atoms in total. The van der Waals surface area contributed by atoms with Gasteiger partial charge in [-0.1, -0.05) is 0 Å². The van der Waals surface area contributed by atoms with Crippen LogP contribution in [-0.4, -0.2) is 40.3 Å². The fraction of sp³-hybridized carbons (Fsp3) is 0.500. The second-order valence-electron chi connectivity index (χ2n) is 8.94. The first-order chi connectivity index (χ1) is 13.0. The second kappa shape index (κ2) is 6.86. The Morgan fingerprint density at radius 3 is 2.46 bits per heavy atom. The Hall–Kier alpha value is -1.35. The summed E-state index contributed by atoms with van der Waals surface area (Å²) >= 11 is -3.10. The number of nitrogens with zero attached hydrogens (tertiary/aromatic N) is 3. The number of alkyl halides is 3. The number of nitrogens with one attached hydrogen (secondary N) is 1. The number of rotatable bonds is 4. The number of anilines is 2. The van der Waals surface area contributed by atoms with Gasteiger partial charge in [-0.05, 0) is 0 Å². The van der Waals surface area contributed by atoms with Gasteiger partial charge in [-0.25, -0.2) is 0 Å². The average molecular weight is 497 g/mol. The third kappa shape index (κ3) is 3.87. The fourth-order valence-electron chi connectivity index (χ4n) is 3.95. The van der Waals surface area contributed by atoms with Gasteiger partial charge in [-0.3, -0.25) is 0 Å². The van der Waals surface area contributed by atoms with E-state index in [-0.39, 0.29) is 9.66 Å². The Morgan fingerprint density at radius 1 is 1.14 bits per heavy atom. The first-order valence-electron chi connectivity index (χ1n) is 9.59. The van der Waals surface area contributed by atoms with Crippen LogP contribution in [0, 0.1) is 0 Å². The first kappa shape index (κ1) is 19.9. The summed E-state index contributed by atoms with van der Waals surface area (Å²) in [5, 5.41) is 3.26. The molecule has 0 bridgehead atoms. The molecule has 0 saturated heterocycles. The van der Waals surface area contributed by atoms with E-state index >= 15 is 0 Å². The van der Waals surface area contributed by atoms with Gasteiger partial charge in [0.1, 0.15) is 0 Å². The van der Waals surface area contributed by atoms with Gasteiger partial charge >= 0.3 is 168 Å². The van der Waals surface area contributed by atoms with Gasteiger partial charge in [0.15, 0.2) is 0 Å². The number of fused-ring (bicyclic) bond motifs is 1. The maximum absolute atomic E-state index is 13.4. The van der Waals surface area contributed by atoms with Crippen LogP contribution in [0.25, 0.3) is 0 Å². The van der Waals surface area contributed by atoms with Crippen LogP contribution in [0.2, 0.25) is 14.8 Å². The van der Waals surface area contributed by atoms with Crippen molar-refractivity contribution in [3.05, 3.63) is 40.6 Å². The third-order valence-corrected chi connectivity index (χ3v) is 10.5. The third-order valence-electron chi connectivity index (χ3n) is 5.36. The zero-order valence-electron chi connectivity index (χ0n) is 16.6. The Labute approximate surface area is 167 Å². The fourth-order valence-corrected chi connectivity index (χ4v) is 8.10. The van der Waals surface area contributed by atoms with E-state index in [2.05, 4.69) is 33.3 Å². The van der Waals surface area contributed by atoms with Crippen LogP contribution in [0.3, 0.4) is 0 Å². The Kier molecular flexibility index (Phi) is 4.89. The molecule has 0 spiro atoms. The van der Waals surface area contributed by atoms with Crippen molar-refractivity contribution in [3.63, 3.8) is 0 Å². The summed E-state index contributed by atoms with van der Waals surface area (Å²) < 4.78 is 40.5. The van der Waals surface area contributed by atoms with Crippen molar-refractivity contribution in [2.75, 3.05) is 12.4 Å². The molecule has 1 saturated carbocycles. The van der Waals surface area contributed by atoms with Gasteiger partial charge in [-0.2, -0.15) is 0 Å². The molecule has 28 heavy (non-hydrogen) atoms. The van der Waals surface area contributed by atoms with Gasteiger partial charge in [0.05, 0.1) is 0 Å². The maximum atomic E-state index is 13.4. The van der Waals surface area contributed by atoms with Crippen molar-refractivity contribution in [2.24, 2.45) is 0 Å². The standard InChI is InChI=1S/C17H16F3N4.3CH3.Sn/c1-24-8-11-4-5-14(15(10-2-3-10)13(11)9-24)23-16-21-6-12(7-22-16)17(18,19)20;;;;/h4-6,10H,2-3,8-9H2,1H3,(H,21,22,23);3*1H3;. The normalized spacial score (nSPS) is 17.7. The zero-order chi connectivity index (χ0) is 20.3. The summed E-state index contributed by atoms with van der Waals surface area (Å²) in [4.78, 5) is 16.5. The van der Waals surface area contributed by atoms with E-state index in [9.17, 15) is 13.2 Å². The zero-order valence-corrected chi connectivity index (χ0v) is 19.5. The predicted molar refractivity (Wildman–Crippen MR) is 107 cm³/mol. The summed E-state index contributed by atoms with van der Waals surface area (Å²) in [6, 6.07) is 4.15. The molecule has 0 radical (unpaired) electrons. The van der Waals surface area contributed by atoms with Crippen LogP contribution in [0.1, 0.15) is 41.0 Å². The molecule has 150 valence electrons. The Bertz CT molecular complexity index is 917. The number of hydrogen-bond donors (Lipinski definition) is 1. The van der Waals surface area contributed by atoms with Crippen molar-refractivity contribution in [2.45, 2.75) is 52.8 Å². The van der Waals surface area contributed by atoms with E-state index in [0.717, 1.165) is 37.8 Å². The van der Waals surface area contributed by atoms with Gasteiger partial charge in [0.2, 0.25) is 0 Å². The molecule has 1 aliphatic carbocycles. The quantitative estimate of drug-likeness (QED) is 0.628. The number of benzene rings is 1. The molecule has 0 unspecified atom stereocenters. The molecule has 1 aromatic heterocycles. The molecule has 2 aromatic rings. The van der Waals surface area contributed by atoms with Crippen molar-refractivity contribution < 1.29 is 13.2 Å². The van der Waals surface area contributed by atoms with Crippen LogP contribution < -0.4 is 9.03 Å². The number of hydrogen-bond acceptors (Lipinski definition) is 4.